The first kappa shape index (κ1) is 15.4. The third kappa shape index (κ3) is 4.00. The maximum Gasteiger partial charge on any atom is 0.307 e. The number of carboxylic acids is 1. The fourth-order valence-corrected chi connectivity index (χ4v) is 2.26. The van der Waals surface area contributed by atoms with Crippen LogP contribution < -0.4 is 5.32 Å². The molecule has 114 valence electrons. The van der Waals surface area contributed by atoms with Crippen LogP contribution in [0.25, 0.3) is 0 Å². The van der Waals surface area contributed by atoms with Crippen molar-refractivity contribution in [3.05, 3.63) is 35.4 Å². The third-order valence-corrected chi connectivity index (χ3v) is 3.68. The van der Waals surface area contributed by atoms with Crippen molar-refractivity contribution in [2.24, 2.45) is 11.8 Å². The van der Waals surface area contributed by atoms with Crippen molar-refractivity contribution >= 4 is 11.9 Å². The number of benzene rings is 1. The van der Waals surface area contributed by atoms with Gasteiger partial charge < -0.3 is 10.4 Å². The average Bonchev–Trinajstić information content (AvgIpc) is 3.20. The van der Waals surface area contributed by atoms with Crippen LogP contribution in [0.2, 0.25) is 0 Å². The summed E-state index contributed by atoms with van der Waals surface area (Å²) < 4.78 is 25.8. The third-order valence-electron chi connectivity index (χ3n) is 3.68. The number of nitrogens with one attached hydrogen (secondary N) is 1. The molecule has 1 aliphatic rings. The molecule has 4 nitrogen and oxygen atoms in total. The zero-order valence-electron chi connectivity index (χ0n) is 11.6. The van der Waals surface area contributed by atoms with E-state index in [0.717, 1.165) is 12.1 Å². The highest BCUT2D eigenvalue weighted by Gasteiger charge is 2.48. The summed E-state index contributed by atoms with van der Waals surface area (Å²) in [5.74, 6) is -3.96. The number of carboxylic acid groups (broad SMARTS) is 1. The predicted octanol–water partition coefficient (Wildman–Crippen LogP) is 2.12. The van der Waals surface area contributed by atoms with E-state index in [2.05, 4.69) is 5.32 Å². The maximum absolute atomic E-state index is 13.0. The zero-order valence-corrected chi connectivity index (χ0v) is 11.6. The normalized spacial score (nSPS) is 21.7. The molecule has 0 spiro atoms. The molecule has 0 heterocycles. The Bertz CT molecular complexity index is 562. The first-order valence-corrected chi connectivity index (χ1v) is 6.85. The van der Waals surface area contributed by atoms with Crippen molar-refractivity contribution < 1.29 is 23.5 Å². The van der Waals surface area contributed by atoms with Crippen LogP contribution >= 0.6 is 0 Å². The Morgan fingerprint density at radius 1 is 1.33 bits per heavy atom. The first-order chi connectivity index (χ1) is 9.88. The molecular formula is C15H17F2NO3. The predicted molar refractivity (Wildman–Crippen MR) is 71.5 cm³/mol. The molecule has 21 heavy (non-hydrogen) atoms. The van der Waals surface area contributed by atoms with Crippen molar-refractivity contribution in [1.82, 2.24) is 5.32 Å². The van der Waals surface area contributed by atoms with Crippen LogP contribution in [0.15, 0.2) is 18.2 Å². The summed E-state index contributed by atoms with van der Waals surface area (Å²) in [4.78, 5) is 22.4. The Morgan fingerprint density at radius 2 is 2.05 bits per heavy atom. The van der Waals surface area contributed by atoms with Crippen molar-refractivity contribution in [1.29, 1.82) is 0 Å². The number of rotatable bonds is 6. The summed E-state index contributed by atoms with van der Waals surface area (Å²) in [6.45, 7) is 1.80. The second-order valence-corrected chi connectivity index (χ2v) is 5.48. The van der Waals surface area contributed by atoms with Gasteiger partial charge in [0, 0.05) is 6.04 Å². The van der Waals surface area contributed by atoms with Gasteiger partial charge in [-0.3, -0.25) is 9.59 Å². The van der Waals surface area contributed by atoms with Gasteiger partial charge in [0.05, 0.1) is 11.8 Å². The molecule has 1 amide bonds. The van der Waals surface area contributed by atoms with Gasteiger partial charge in [-0.1, -0.05) is 6.07 Å². The van der Waals surface area contributed by atoms with Crippen LogP contribution in [-0.4, -0.2) is 23.0 Å². The average molecular weight is 297 g/mol. The molecule has 2 N–H and O–H groups in total. The summed E-state index contributed by atoms with van der Waals surface area (Å²) in [6.07, 6.45) is 1.46. The number of hydrogen-bond acceptors (Lipinski definition) is 2. The summed E-state index contributed by atoms with van der Waals surface area (Å²) in [6, 6.07) is 3.58. The molecular weight excluding hydrogens is 280 g/mol. The lowest BCUT2D eigenvalue weighted by Gasteiger charge is -2.13. The van der Waals surface area contributed by atoms with Gasteiger partial charge in [-0.25, -0.2) is 8.78 Å². The molecule has 0 saturated heterocycles. The van der Waals surface area contributed by atoms with E-state index in [1.165, 1.54) is 6.07 Å². The highest BCUT2D eigenvalue weighted by atomic mass is 19.2. The monoisotopic (exact) mass is 297 g/mol. The number of carbonyl (C=O) groups is 2. The molecule has 1 saturated carbocycles. The first-order valence-electron chi connectivity index (χ1n) is 6.85. The molecule has 6 heteroatoms. The van der Waals surface area contributed by atoms with Gasteiger partial charge in [0.2, 0.25) is 5.91 Å². The van der Waals surface area contributed by atoms with Crippen LogP contribution in [0.5, 0.6) is 0 Å². The van der Waals surface area contributed by atoms with Crippen LogP contribution in [0.4, 0.5) is 8.78 Å². The Labute approximate surface area is 121 Å². The topological polar surface area (TPSA) is 66.4 Å². The minimum absolute atomic E-state index is 0.152. The molecule has 1 fully saturated rings. The van der Waals surface area contributed by atoms with E-state index in [-0.39, 0.29) is 11.9 Å². The van der Waals surface area contributed by atoms with Crippen LogP contribution in [0.1, 0.15) is 25.3 Å². The van der Waals surface area contributed by atoms with Gasteiger partial charge in [-0.15, -0.1) is 0 Å². The minimum atomic E-state index is -0.940. The minimum Gasteiger partial charge on any atom is -0.481 e. The van der Waals surface area contributed by atoms with E-state index in [4.69, 9.17) is 5.11 Å². The quantitative estimate of drug-likeness (QED) is 0.845. The number of aryl methyl sites for hydroxylation is 1. The largest absolute Gasteiger partial charge is 0.481 e. The summed E-state index contributed by atoms with van der Waals surface area (Å²) >= 11 is 0. The second kappa shape index (κ2) is 6.20. The van der Waals surface area contributed by atoms with Gasteiger partial charge in [-0.05, 0) is 43.9 Å². The SMILES string of the molecule is CC(CCc1ccc(F)c(F)c1)NC(=O)C1CC1C(=O)O. The van der Waals surface area contributed by atoms with Crippen molar-refractivity contribution in [3.8, 4) is 0 Å². The molecule has 0 aromatic heterocycles. The van der Waals surface area contributed by atoms with Gasteiger partial charge in [0.25, 0.3) is 0 Å². The zero-order chi connectivity index (χ0) is 15.6. The van der Waals surface area contributed by atoms with E-state index in [0.29, 0.717) is 24.8 Å². The van der Waals surface area contributed by atoms with Crippen molar-refractivity contribution in [2.75, 3.05) is 0 Å². The van der Waals surface area contributed by atoms with Gasteiger partial charge in [0.1, 0.15) is 0 Å². The number of aliphatic carboxylic acids is 1. The number of halogens is 2. The molecule has 0 bridgehead atoms. The smallest absolute Gasteiger partial charge is 0.307 e. The Morgan fingerprint density at radius 3 is 2.62 bits per heavy atom. The lowest BCUT2D eigenvalue weighted by Crippen LogP contribution is -2.34. The fourth-order valence-electron chi connectivity index (χ4n) is 2.26. The van der Waals surface area contributed by atoms with Crippen LogP contribution in [0.3, 0.4) is 0 Å². The van der Waals surface area contributed by atoms with Gasteiger partial charge >= 0.3 is 5.97 Å². The maximum atomic E-state index is 13.0. The number of amides is 1. The fraction of sp³-hybridized carbons (Fsp3) is 0.467. The van der Waals surface area contributed by atoms with Crippen LogP contribution in [0, 0.1) is 23.5 Å². The van der Waals surface area contributed by atoms with Gasteiger partial charge in [-0.2, -0.15) is 0 Å². The highest BCUT2D eigenvalue weighted by molar-refractivity contribution is 5.89. The molecule has 3 unspecified atom stereocenters. The molecule has 1 aliphatic carbocycles. The van der Waals surface area contributed by atoms with E-state index in [1.807, 2.05) is 0 Å². The highest BCUT2D eigenvalue weighted by Crippen LogP contribution is 2.38. The van der Waals surface area contributed by atoms with Crippen LogP contribution in [-0.2, 0) is 16.0 Å². The molecule has 1 aromatic carbocycles. The van der Waals surface area contributed by atoms with E-state index >= 15 is 0 Å². The molecule has 3 atom stereocenters. The van der Waals surface area contributed by atoms with E-state index in [1.54, 1.807) is 6.92 Å². The Hall–Kier alpha value is -1.98. The van der Waals surface area contributed by atoms with Crippen molar-refractivity contribution in [2.45, 2.75) is 32.2 Å². The Balaban J connectivity index is 1.77. The summed E-state index contributed by atoms with van der Waals surface area (Å²) in [7, 11) is 0. The summed E-state index contributed by atoms with van der Waals surface area (Å²) in [5.41, 5.74) is 0.657. The Kier molecular flexibility index (Phi) is 4.55. The van der Waals surface area contributed by atoms with E-state index in [9.17, 15) is 18.4 Å². The molecule has 2 rings (SSSR count). The summed E-state index contributed by atoms with van der Waals surface area (Å²) in [5, 5.41) is 11.5. The molecule has 0 aliphatic heterocycles. The second-order valence-electron chi connectivity index (χ2n) is 5.48. The molecule has 1 aromatic rings. The van der Waals surface area contributed by atoms with Gasteiger partial charge in [0.15, 0.2) is 11.6 Å². The van der Waals surface area contributed by atoms with Crippen molar-refractivity contribution in [3.63, 3.8) is 0 Å². The van der Waals surface area contributed by atoms with E-state index < -0.39 is 29.4 Å². The molecule has 0 radical (unpaired) electrons. The standard InChI is InChI=1S/C15H17F2NO3/c1-8(18-14(19)10-7-11(10)15(20)21)2-3-9-4-5-12(16)13(17)6-9/h4-6,8,10-11H,2-3,7H2,1H3,(H,18,19)(H,20,21). The lowest BCUT2D eigenvalue weighted by molar-refractivity contribution is -0.140. The number of carbonyl (C=O) groups excluding carboxylic acids is 1. The number of hydrogen-bond donors (Lipinski definition) is 2. The lowest BCUT2D eigenvalue weighted by atomic mass is 10.1.